The van der Waals surface area contributed by atoms with E-state index in [-0.39, 0.29) is 17.1 Å². The van der Waals surface area contributed by atoms with Crippen LogP contribution >= 0.6 is 0 Å². The van der Waals surface area contributed by atoms with E-state index in [9.17, 15) is 9.59 Å². The lowest BCUT2D eigenvalue weighted by atomic mass is 10.1. The van der Waals surface area contributed by atoms with Crippen LogP contribution in [0, 0.1) is 0 Å². The summed E-state index contributed by atoms with van der Waals surface area (Å²) in [4.78, 5) is 31.0. The normalized spacial score (nSPS) is 13.1. The van der Waals surface area contributed by atoms with Gasteiger partial charge in [0.15, 0.2) is 17.2 Å². The van der Waals surface area contributed by atoms with Gasteiger partial charge in [-0.3, -0.25) is 14.2 Å². The first-order chi connectivity index (χ1) is 16.1. The van der Waals surface area contributed by atoms with E-state index in [1.54, 1.807) is 30.3 Å². The highest BCUT2D eigenvalue weighted by atomic mass is 16.2. The molecule has 0 radical (unpaired) electrons. The molecule has 2 aromatic heterocycles. The number of carbonyl (C=O) groups is 2. The van der Waals surface area contributed by atoms with Gasteiger partial charge in [0.25, 0.3) is 0 Å². The van der Waals surface area contributed by atoms with Crippen LogP contribution in [0.15, 0.2) is 96.6 Å². The molecule has 1 aliphatic rings. The number of imidazole rings is 1. The number of ketones is 2. The van der Waals surface area contributed by atoms with Crippen LogP contribution in [0.4, 0.5) is 0 Å². The third kappa shape index (κ3) is 2.90. The number of allylic oxidation sites excluding steroid dienone is 1. The summed E-state index contributed by atoms with van der Waals surface area (Å²) in [6.45, 7) is 0. The molecule has 0 atom stereocenters. The Balaban J connectivity index is 1.58. The molecule has 0 fully saturated rings. The first-order valence-electron chi connectivity index (χ1n) is 10.7. The molecule has 5 heteroatoms. The number of Topliss-reactive ketones (excluding diaryl/α,β-unsaturated/α-hetero) is 2. The van der Waals surface area contributed by atoms with Crippen LogP contribution in [0.25, 0.3) is 34.3 Å². The van der Waals surface area contributed by atoms with Crippen LogP contribution in [0.3, 0.4) is 0 Å². The third-order valence-corrected chi connectivity index (χ3v) is 6.12. The molecule has 0 aliphatic heterocycles. The summed E-state index contributed by atoms with van der Waals surface area (Å²) >= 11 is 0. The minimum atomic E-state index is -0.238. The van der Waals surface area contributed by atoms with Crippen LogP contribution in [0.5, 0.6) is 0 Å². The molecule has 2 heterocycles. The van der Waals surface area contributed by atoms with Gasteiger partial charge in [-0.25, -0.2) is 4.98 Å². The average Bonchev–Trinajstić information content (AvgIpc) is 3.46. The zero-order valence-electron chi connectivity index (χ0n) is 17.9. The van der Waals surface area contributed by atoms with Gasteiger partial charge in [0.1, 0.15) is 5.82 Å². The van der Waals surface area contributed by atoms with Crippen molar-refractivity contribution in [2.75, 3.05) is 0 Å². The molecule has 5 nitrogen and oxygen atoms in total. The van der Waals surface area contributed by atoms with Gasteiger partial charge in [-0.1, -0.05) is 72.8 Å². The molecular formula is C28H19N3O2. The number of hydrogen-bond donors (Lipinski definition) is 0. The maximum atomic E-state index is 13.0. The first-order valence-corrected chi connectivity index (χ1v) is 10.7. The van der Waals surface area contributed by atoms with E-state index in [4.69, 9.17) is 4.98 Å². The van der Waals surface area contributed by atoms with Gasteiger partial charge in [0.2, 0.25) is 0 Å². The zero-order valence-corrected chi connectivity index (χ0v) is 17.9. The van der Waals surface area contributed by atoms with E-state index in [1.807, 2.05) is 82.9 Å². The highest BCUT2D eigenvalue weighted by molar-refractivity contribution is 6.41. The Hall–Kier alpha value is -4.51. The van der Waals surface area contributed by atoms with E-state index in [0.29, 0.717) is 11.1 Å². The van der Waals surface area contributed by atoms with E-state index in [1.165, 1.54) is 0 Å². The van der Waals surface area contributed by atoms with Crippen molar-refractivity contribution in [2.45, 2.75) is 0 Å². The lowest BCUT2D eigenvalue weighted by Gasteiger charge is -2.08. The van der Waals surface area contributed by atoms with Gasteiger partial charge >= 0.3 is 0 Å². The topological polar surface area (TPSA) is 56.9 Å². The minimum Gasteiger partial charge on any atom is -0.326 e. The average molecular weight is 429 g/mol. The van der Waals surface area contributed by atoms with E-state index >= 15 is 0 Å². The van der Waals surface area contributed by atoms with Crippen molar-refractivity contribution in [2.24, 2.45) is 7.05 Å². The van der Waals surface area contributed by atoms with Gasteiger partial charge in [-0.05, 0) is 24.3 Å². The smallest absolute Gasteiger partial charge is 0.197 e. The molecule has 0 saturated heterocycles. The number of para-hydroxylation sites is 1. The summed E-state index contributed by atoms with van der Waals surface area (Å²) in [5.74, 6) is 0.377. The van der Waals surface area contributed by atoms with E-state index in [2.05, 4.69) is 0 Å². The molecule has 0 bridgehead atoms. The molecule has 33 heavy (non-hydrogen) atoms. The highest BCUT2D eigenvalue weighted by Gasteiger charge is 2.33. The molecule has 6 rings (SSSR count). The van der Waals surface area contributed by atoms with Crippen molar-refractivity contribution in [3.8, 4) is 17.1 Å². The van der Waals surface area contributed by atoms with Gasteiger partial charge in [-0.15, -0.1) is 0 Å². The van der Waals surface area contributed by atoms with Gasteiger partial charge in [0.05, 0.1) is 16.8 Å². The zero-order chi connectivity index (χ0) is 22.5. The maximum absolute atomic E-state index is 13.0. The number of carbonyl (C=O) groups excluding carboxylic acids is 2. The first kappa shape index (κ1) is 19.2. The van der Waals surface area contributed by atoms with Crippen LogP contribution in [-0.2, 0) is 7.05 Å². The van der Waals surface area contributed by atoms with Crippen molar-refractivity contribution in [1.82, 2.24) is 14.1 Å². The Kier molecular flexibility index (Phi) is 4.23. The SMILES string of the molecule is Cn1c(-c2ccccc2)nc2c1cc(C=C1C(=O)c3ccccc3C1=O)n2-c1ccccc1. The molecule has 0 N–H and O–H groups in total. The fourth-order valence-corrected chi connectivity index (χ4v) is 4.50. The predicted octanol–water partition coefficient (Wildman–Crippen LogP) is 5.49. The van der Waals surface area contributed by atoms with Crippen molar-refractivity contribution in [3.05, 3.63) is 113 Å². The van der Waals surface area contributed by atoms with Crippen LogP contribution in [-0.4, -0.2) is 25.7 Å². The Morgan fingerprint density at radius 2 is 1.33 bits per heavy atom. The molecular weight excluding hydrogens is 410 g/mol. The lowest BCUT2D eigenvalue weighted by molar-refractivity contribution is 0.0990. The van der Waals surface area contributed by atoms with Gasteiger partial charge in [-0.2, -0.15) is 0 Å². The number of nitrogens with zero attached hydrogens (tertiary/aromatic N) is 3. The van der Waals surface area contributed by atoms with Gasteiger partial charge in [0, 0.05) is 29.4 Å². The Morgan fingerprint density at radius 1 is 0.758 bits per heavy atom. The summed E-state index contributed by atoms with van der Waals surface area (Å²) in [6.07, 6.45) is 1.70. The standard InChI is InChI=1S/C28H19N3O2/c1-30-24-17-20(16-23-25(32)21-14-8-9-15-22(21)26(23)33)31(19-12-6-3-7-13-19)28(24)29-27(30)18-10-4-2-5-11-18/h2-17H,1H3. The molecule has 1 aliphatic carbocycles. The van der Waals surface area contributed by atoms with Gasteiger partial charge < -0.3 is 4.57 Å². The van der Waals surface area contributed by atoms with Crippen LogP contribution in [0.1, 0.15) is 26.4 Å². The fourth-order valence-electron chi connectivity index (χ4n) is 4.50. The summed E-state index contributed by atoms with van der Waals surface area (Å²) in [5.41, 5.74) is 5.45. The number of aromatic nitrogens is 3. The molecule has 0 spiro atoms. The summed E-state index contributed by atoms with van der Waals surface area (Å²) in [6, 6.07) is 28.8. The molecule has 0 saturated carbocycles. The molecule has 0 unspecified atom stereocenters. The predicted molar refractivity (Wildman–Crippen MR) is 129 cm³/mol. The maximum Gasteiger partial charge on any atom is 0.197 e. The van der Waals surface area contributed by atoms with E-state index in [0.717, 1.165) is 33.9 Å². The van der Waals surface area contributed by atoms with Crippen molar-refractivity contribution >= 4 is 28.8 Å². The monoisotopic (exact) mass is 429 g/mol. The molecule has 0 amide bonds. The quantitative estimate of drug-likeness (QED) is 0.281. The lowest BCUT2D eigenvalue weighted by Crippen LogP contribution is -2.03. The Bertz CT molecular complexity index is 1550. The van der Waals surface area contributed by atoms with Crippen molar-refractivity contribution in [3.63, 3.8) is 0 Å². The molecule has 5 aromatic rings. The largest absolute Gasteiger partial charge is 0.326 e. The van der Waals surface area contributed by atoms with E-state index < -0.39 is 0 Å². The Morgan fingerprint density at radius 3 is 1.97 bits per heavy atom. The molecule has 158 valence electrons. The molecule has 3 aromatic carbocycles. The second-order valence-corrected chi connectivity index (χ2v) is 8.07. The number of rotatable bonds is 3. The Labute approximate surface area is 190 Å². The number of aryl methyl sites for hydroxylation is 1. The third-order valence-electron chi connectivity index (χ3n) is 6.12. The van der Waals surface area contributed by atoms with Crippen molar-refractivity contribution < 1.29 is 9.59 Å². The summed E-state index contributed by atoms with van der Waals surface area (Å²) in [5, 5.41) is 0. The number of benzene rings is 3. The highest BCUT2D eigenvalue weighted by Crippen LogP contribution is 2.32. The number of hydrogen-bond acceptors (Lipinski definition) is 3. The van der Waals surface area contributed by atoms with Crippen LogP contribution in [0.2, 0.25) is 0 Å². The van der Waals surface area contributed by atoms with Crippen LogP contribution < -0.4 is 0 Å². The summed E-state index contributed by atoms with van der Waals surface area (Å²) in [7, 11) is 1.98. The second-order valence-electron chi connectivity index (χ2n) is 8.07. The minimum absolute atomic E-state index is 0.180. The second kappa shape index (κ2) is 7.28. The number of fused-ring (bicyclic) bond motifs is 2. The summed E-state index contributed by atoms with van der Waals surface area (Å²) < 4.78 is 4.04. The van der Waals surface area contributed by atoms with Crippen molar-refractivity contribution in [1.29, 1.82) is 0 Å². The fraction of sp³-hybridized carbons (Fsp3) is 0.0357.